The molecule has 0 aromatic carbocycles. The molecule has 0 N–H and O–H groups in total. The predicted molar refractivity (Wildman–Crippen MR) is 105 cm³/mol. The van der Waals surface area contributed by atoms with Gasteiger partial charge in [0.15, 0.2) is 0 Å². The molecule has 0 unspecified atom stereocenters. The van der Waals surface area contributed by atoms with Gasteiger partial charge in [-0.15, -0.1) is 0 Å². The molecule has 0 bridgehead atoms. The van der Waals surface area contributed by atoms with Crippen LogP contribution in [0.15, 0.2) is 31.0 Å². The molecule has 28 heavy (non-hydrogen) atoms. The number of hydrogen-bond donors (Lipinski definition) is 0. The Morgan fingerprint density at radius 2 is 1.93 bits per heavy atom. The van der Waals surface area contributed by atoms with Crippen LogP contribution in [-0.4, -0.2) is 68.2 Å². The van der Waals surface area contributed by atoms with Crippen molar-refractivity contribution in [2.75, 3.05) is 37.7 Å². The molecule has 1 aliphatic rings. The third-order valence-electron chi connectivity index (χ3n) is 4.99. The van der Waals surface area contributed by atoms with E-state index in [1.807, 2.05) is 36.4 Å². The topological polar surface area (TPSA) is 80.8 Å². The Morgan fingerprint density at radius 1 is 1.11 bits per heavy atom. The second-order valence-corrected chi connectivity index (χ2v) is 6.98. The minimum Gasteiger partial charge on any atom is -0.449 e. The van der Waals surface area contributed by atoms with E-state index in [0.717, 1.165) is 48.4 Å². The number of fused-ring (bicyclic) bond motifs is 1. The number of aryl methyl sites for hydroxylation is 1. The number of carbonyl (C=O) groups is 1. The van der Waals surface area contributed by atoms with E-state index < -0.39 is 0 Å². The summed E-state index contributed by atoms with van der Waals surface area (Å²) in [6, 6.07) is 0. The Bertz CT molecular complexity index is 956. The number of unbranched alkanes of at least 4 members (excludes halogenated alkanes) is 1. The first-order chi connectivity index (χ1) is 13.7. The maximum Gasteiger partial charge on any atom is 0.409 e. The highest BCUT2D eigenvalue weighted by molar-refractivity contribution is 5.74. The Balaban J connectivity index is 1.43. The van der Waals surface area contributed by atoms with Crippen LogP contribution in [0.2, 0.25) is 0 Å². The second-order valence-electron chi connectivity index (χ2n) is 6.98. The zero-order chi connectivity index (χ0) is 19.5. The lowest BCUT2D eigenvalue weighted by atomic mass is 10.2. The van der Waals surface area contributed by atoms with Crippen molar-refractivity contribution in [2.45, 2.75) is 19.8 Å². The predicted octanol–water partition coefficient (Wildman–Crippen LogP) is 2.19. The van der Waals surface area contributed by atoms with Crippen molar-refractivity contribution in [3.05, 3.63) is 31.0 Å². The minimum atomic E-state index is -0.212. The fraction of sp³-hybridized carbons (Fsp3) is 0.474. The summed E-state index contributed by atoms with van der Waals surface area (Å²) in [5.41, 5.74) is 3.77. The first kappa shape index (κ1) is 18.3. The molecule has 9 nitrogen and oxygen atoms in total. The van der Waals surface area contributed by atoms with Gasteiger partial charge in [0.2, 0.25) is 0 Å². The van der Waals surface area contributed by atoms with E-state index in [-0.39, 0.29) is 6.09 Å². The number of nitrogens with zero attached hydrogens (tertiary/aromatic N) is 7. The maximum absolute atomic E-state index is 12.1. The van der Waals surface area contributed by atoms with Gasteiger partial charge in [-0.3, -0.25) is 9.67 Å². The van der Waals surface area contributed by atoms with Crippen LogP contribution in [-0.2, 0) is 11.8 Å². The molecule has 9 heteroatoms. The Labute approximate surface area is 163 Å². The maximum atomic E-state index is 12.1. The Hall–Kier alpha value is -3.10. The van der Waals surface area contributed by atoms with Gasteiger partial charge in [-0.1, -0.05) is 13.3 Å². The molecule has 3 aromatic heterocycles. The van der Waals surface area contributed by atoms with Crippen LogP contribution in [0.4, 0.5) is 10.5 Å². The third kappa shape index (κ3) is 3.64. The number of rotatable bonds is 5. The molecule has 4 heterocycles. The molecule has 0 radical (unpaired) electrons. The number of piperazine rings is 1. The molecule has 0 spiro atoms. The van der Waals surface area contributed by atoms with Gasteiger partial charge < -0.3 is 14.5 Å². The summed E-state index contributed by atoms with van der Waals surface area (Å²) in [5.74, 6) is 0. The minimum absolute atomic E-state index is 0.212. The summed E-state index contributed by atoms with van der Waals surface area (Å²) in [5, 5.41) is 8.69. The molecule has 1 fully saturated rings. The number of carbonyl (C=O) groups excluding carboxylic acids is 1. The van der Waals surface area contributed by atoms with Crippen molar-refractivity contribution in [2.24, 2.45) is 7.05 Å². The van der Waals surface area contributed by atoms with E-state index in [2.05, 4.69) is 27.0 Å². The third-order valence-corrected chi connectivity index (χ3v) is 4.99. The molecule has 0 saturated carbocycles. The van der Waals surface area contributed by atoms with Gasteiger partial charge in [-0.2, -0.15) is 10.2 Å². The Morgan fingerprint density at radius 3 is 2.64 bits per heavy atom. The van der Waals surface area contributed by atoms with Crippen molar-refractivity contribution in [3.63, 3.8) is 0 Å². The molecule has 3 aromatic rings. The highest BCUT2D eigenvalue weighted by atomic mass is 16.6. The van der Waals surface area contributed by atoms with Crippen LogP contribution in [0.3, 0.4) is 0 Å². The van der Waals surface area contributed by atoms with Gasteiger partial charge in [-0.05, 0) is 6.42 Å². The second kappa shape index (κ2) is 7.87. The number of aromatic nitrogens is 5. The summed E-state index contributed by atoms with van der Waals surface area (Å²) in [6.45, 7) is 5.35. The SMILES string of the molecule is CCCCOC(=O)N1CCN(c2cnn3cc(-c4cnn(C)c4)ncc23)CC1. The first-order valence-corrected chi connectivity index (χ1v) is 9.64. The fourth-order valence-electron chi connectivity index (χ4n) is 3.34. The molecule has 1 saturated heterocycles. The van der Waals surface area contributed by atoms with Gasteiger partial charge in [0.05, 0.1) is 42.8 Å². The number of ether oxygens (including phenoxy) is 1. The molecular formula is C19H25N7O2. The standard InChI is InChI=1S/C19H25N7O2/c1-3-4-9-28-19(27)25-7-5-24(6-8-25)17-12-22-26-14-16(20-11-18(17)26)15-10-21-23(2)13-15/h10-14H,3-9H2,1-2H3. The summed E-state index contributed by atoms with van der Waals surface area (Å²) in [7, 11) is 1.88. The van der Waals surface area contributed by atoms with E-state index in [4.69, 9.17) is 4.74 Å². The van der Waals surface area contributed by atoms with Crippen molar-refractivity contribution in [3.8, 4) is 11.3 Å². The van der Waals surface area contributed by atoms with Crippen LogP contribution >= 0.6 is 0 Å². The summed E-state index contributed by atoms with van der Waals surface area (Å²) in [4.78, 5) is 20.7. The zero-order valence-electron chi connectivity index (χ0n) is 16.3. The summed E-state index contributed by atoms with van der Waals surface area (Å²) >= 11 is 0. The van der Waals surface area contributed by atoms with Crippen molar-refractivity contribution in [1.82, 2.24) is 29.3 Å². The van der Waals surface area contributed by atoms with Crippen LogP contribution in [0.5, 0.6) is 0 Å². The molecule has 1 aliphatic heterocycles. The van der Waals surface area contributed by atoms with E-state index in [9.17, 15) is 4.79 Å². The van der Waals surface area contributed by atoms with Crippen LogP contribution in [0.25, 0.3) is 16.8 Å². The lowest BCUT2D eigenvalue weighted by Crippen LogP contribution is -2.49. The lowest BCUT2D eigenvalue weighted by molar-refractivity contribution is 0.0990. The van der Waals surface area contributed by atoms with Crippen LogP contribution in [0.1, 0.15) is 19.8 Å². The van der Waals surface area contributed by atoms with E-state index in [1.165, 1.54) is 0 Å². The van der Waals surface area contributed by atoms with Crippen molar-refractivity contribution < 1.29 is 9.53 Å². The molecular weight excluding hydrogens is 358 g/mol. The normalized spacial score (nSPS) is 14.6. The van der Waals surface area contributed by atoms with Crippen molar-refractivity contribution >= 4 is 17.3 Å². The Kier molecular flexibility index (Phi) is 5.14. The monoisotopic (exact) mass is 383 g/mol. The quantitative estimate of drug-likeness (QED) is 0.628. The first-order valence-electron chi connectivity index (χ1n) is 9.64. The number of hydrogen-bond acceptors (Lipinski definition) is 6. The molecule has 148 valence electrons. The molecule has 0 aliphatic carbocycles. The van der Waals surface area contributed by atoms with Gasteiger partial charge in [0, 0.05) is 45.0 Å². The highest BCUT2D eigenvalue weighted by Crippen LogP contribution is 2.24. The average molecular weight is 383 g/mol. The van der Waals surface area contributed by atoms with Gasteiger partial charge in [0.25, 0.3) is 0 Å². The van der Waals surface area contributed by atoms with Gasteiger partial charge in [-0.25, -0.2) is 9.31 Å². The number of anilines is 1. The van der Waals surface area contributed by atoms with Crippen LogP contribution in [0, 0.1) is 0 Å². The highest BCUT2D eigenvalue weighted by Gasteiger charge is 2.24. The molecule has 4 rings (SSSR count). The van der Waals surface area contributed by atoms with Crippen LogP contribution < -0.4 is 4.90 Å². The van der Waals surface area contributed by atoms with Crippen molar-refractivity contribution in [1.29, 1.82) is 0 Å². The summed E-state index contributed by atoms with van der Waals surface area (Å²) < 4.78 is 8.91. The van der Waals surface area contributed by atoms with Gasteiger partial charge in [0.1, 0.15) is 5.52 Å². The zero-order valence-corrected chi connectivity index (χ0v) is 16.3. The van der Waals surface area contributed by atoms with E-state index in [0.29, 0.717) is 19.7 Å². The average Bonchev–Trinajstić information content (AvgIpc) is 3.34. The molecule has 1 amide bonds. The summed E-state index contributed by atoms with van der Waals surface area (Å²) in [6.07, 6.45) is 11.0. The van der Waals surface area contributed by atoms with Gasteiger partial charge >= 0.3 is 6.09 Å². The number of amides is 1. The fourth-order valence-corrected chi connectivity index (χ4v) is 3.34. The molecule has 0 atom stereocenters. The smallest absolute Gasteiger partial charge is 0.409 e. The lowest BCUT2D eigenvalue weighted by Gasteiger charge is -2.34. The van der Waals surface area contributed by atoms with E-state index in [1.54, 1.807) is 15.8 Å². The largest absolute Gasteiger partial charge is 0.449 e. The van der Waals surface area contributed by atoms with E-state index >= 15 is 0 Å².